The summed E-state index contributed by atoms with van der Waals surface area (Å²) in [5, 5.41) is 1.06. The molecular formula is C13H12ClNO2. The van der Waals surface area contributed by atoms with Gasteiger partial charge >= 0.3 is 5.97 Å². The summed E-state index contributed by atoms with van der Waals surface area (Å²) in [4.78, 5) is 16.0. The zero-order valence-electron chi connectivity index (χ0n) is 9.44. The Kier molecular flexibility index (Phi) is 3.59. The summed E-state index contributed by atoms with van der Waals surface area (Å²) < 4.78 is 5.11. The molecule has 17 heavy (non-hydrogen) atoms. The molecule has 0 fully saturated rings. The minimum Gasteiger partial charge on any atom is -0.462 e. The predicted molar refractivity (Wildman–Crippen MR) is 67.3 cm³/mol. The number of esters is 1. The van der Waals surface area contributed by atoms with Crippen LogP contribution in [0, 0.1) is 0 Å². The SMILES string of the molecule is CCCOC(=O)c1cc(Cl)nc2ccccc12. The van der Waals surface area contributed by atoms with Crippen molar-refractivity contribution in [3.8, 4) is 0 Å². The summed E-state index contributed by atoms with van der Waals surface area (Å²) in [6.07, 6.45) is 0.794. The smallest absolute Gasteiger partial charge is 0.338 e. The van der Waals surface area contributed by atoms with Gasteiger partial charge in [0.1, 0.15) is 5.15 Å². The van der Waals surface area contributed by atoms with E-state index in [2.05, 4.69) is 4.98 Å². The van der Waals surface area contributed by atoms with Crippen molar-refractivity contribution in [1.82, 2.24) is 4.98 Å². The maximum atomic E-state index is 11.9. The van der Waals surface area contributed by atoms with E-state index in [1.165, 1.54) is 0 Å². The monoisotopic (exact) mass is 249 g/mol. The highest BCUT2D eigenvalue weighted by atomic mass is 35.5. The second-order valence-electron chi connectivity index (χ2n) is 3.65. The molecule has 0 bridgehead atoms. The molecule has 0 amide bonds. The van der Waals surface area contributed by atoms with E-state index in [0.29, 0.717) is 22.8 Å². The van der Waals surface area contributed by atoms with E-state index in [1.807, 2.05) is 31.2 Å². The summed E-state index contributed by atoms with van der Waals surface area (Å²) in [5.41, 5.74) is 1.16. The molecule has 1 heterocycles. The fourth-order valence-electron chi connectivity index (χ4n) is 1.58. The highest BCUT2D eigenvalue weighted by Gasteiger charge is 2.13. The molecule has 0 saturated carbocycles. The number of ether oxygens (including phenoxy) is 1. The average Bonchev–Trinajstić information content (AvgIpc) is 2.34. The molecular weight excluding hydrogens is 238 g/mol. The van der Waals surface area contributed by atoms with Gasteiger partial charge in [0.05, 0.1) is 17.7 Å². The van der Waals surface area contributed by atoms with Gasteiger partial charge in [-0.25, -0.2) is 9.78 Å². The fourth-order valence-corrected chi connectivity index (χ4v) is 1.78. The van der Waals surface area contributed by atoms with Gasteiger partial charge in [-0.1, -0.05) is 36.7 Å². The first-order chi connectivity index (χ1) is 8.22. The Bertz CT molecular complexity index is 554. The normalized spacial score (nSPS) is 10.5. The summed E-state index contributed by atoms with van der Waals surface area (Å²) in [6, 6.07) is 8.90. The van der Waals surface area contributed by atoms with Crippen LogP contribution in [0.15, 0.2) is 30.3 Å². The van der Waals surface area contributed by atoms with Crippen molar-refractivity contribution >= 4 is 28.5 Å². The maximum absolute atomic E-state index is 11.9. The van der Waals surface area contributed by atoms with Gasteiger partial charge < -0.3 is 4.74 Å². The molecule has 0 radical (unpaired) electrons. The molecule has 1 aromatic carbocycles. The molecule has 0 spiro atoms. The Labute approximate surface area is 104 Å². The van der Waals surface area contributed by atoms with Gasteiger partial charge in [-0.15, -0.1) is 0 Å². The van der Waals surface area contributed by atoms with Crippen LogP contribution in [0.25, 0.3) is 10.9 Å². The molecule has 2 rings (SSSR count). The van der Waals surface area contributed by atoms with Crippen LogP contribution >= 0.6 is 11.6 Å². The molecule has 0 aliphatic carbocycles. The minimum atomic E-state index is -0.354. The number of halogens is 1. The number of carbonyl (C=O) groups is 1. The van der Waals surface area contributed by atoms with Gasteiger partial charge in [-0.2, -0.15) is 0 Å². The zero-order chi connectivity index (χ0) is 12.3. The predicted octanol–water partition coefficient (Wildman–Crippen LogP) is 3.46. The van der Waals surface area contributed by atoms with Crippen LogP contribution in [-0.4, -0.2) is 17.6 Å². The first kappa shape index (κ1) is 11.9. The van der Waals surface area contributed by atoms with Crippen LogP contribution in [0.2, 0.25) is 5.15 Å². The lowest BCUT2D eigenvalue weighted by Gasteiger charge is -2.06. The van der Waals surface area contributed by atoms with Gasteiger partial charge in [-0.3, -0.25) is 0 Å². The molecule has 0 aliphatic rings. The van der Waals surface area contributed by atoms with Crippen LogP contribution in [0.1, 0.15) is 23.7 Å². The van der Waals surface area contributed by atoms with Gasteiger partial charge in [0.2, 0.25) is 0 Å². The molecule has 0 aliphatic heterocycles. The molecule has 0 saturated heterocycles. The van der Waals surface area contributed by atoms with Gasteiger partial charge in [0.15, 0.2) is 0 Å². The number of pyridine rings is 1. The molecule has 0 atom stereocenters. The third-order valence-corrected chi connectivity index (χ3v) is 2.54. The summed E-state index contributed by atoms with van der Waals surface area (Å²) >= 11 is 5.88. The second-order valence-corrected chi connectivity index (χ2v) is 4.03. The maximum Gasteiger partial charge on any atom is 0.338 e. The van der Waals surface area contributed by atoms with Crippen LogP contribution in [-0.2, 0) is 4.74 Å². The van der Waals surface area contributed by atoms with Gasteiger partial charge in [-0.05, 0) is 18.6 Å². The molecule has 0 unspecified atom stereocenters. The van der Waals surface area contributed by atoms with Crippen LogP contribution in [0.3, 0.4) is 0 Å². The summed E-state index contributed by atoms with van der Waals surface area (Å²) in [6.45, 7) is 2.36. The first-order valence-electron chi connectivity index (χ1n) is 5.44. The number of rotatable bonds is 3. The van der Waals surface area contributed by atoms with Crippen molar-refractivity contribution in [2.45, 2.75) is 13.3 Å². The van der Waals surface area contributed by atoms with Crippen molar-refractivity contribution < 1.29 is 9.53 Å². The number of carbonyl (C=O) groups excluding carboxylic acids is 1. The zero-order valence-corrected chi connectivity index (χ0v) is 10.2. The van der Waals surface area contributed by atoms with Crippen molar-refractivity contribution in [1.29, 1.82) is 0 Å². The number of hydrogen-bond donors (Lipinski definition) is 0. The molecule has 88 valence electrons. The Morgan fingerprint density at radius 1 is 1.41 bits per heavy atom. The van der Waals surface area contributed by atoms with Crippen molar-refractivity contribution in [3.05, 3.63) is 41.0 Å². The Morgan fingerprint density at radius 2 is 2.18 bits per heavy atom. The first-order valence-corrected chi connectivity index (χ1v) is 5.82. The van der Waals surface area contributed by atoms with E-state index in [9.17, 15) is 4.79 Å². The number of hydrogen-bond acceptors (Lipinski definition) is 3. The van der Waals surface area contributed by atoms with Crippen LogP contribution in [0.5, 0.6) is 0 Å². The van der Waals surface area contributed by atoms with E-state index in [0.717, 1.165) is 11.8 Å². The van der Waals surface area contributed by atoms with Gasteiger partial charge in [0, 0.05) is 5.39 Å². The number of para-hydroxylation sites is 1. The van der Waals surface area contributed by atoms with Crippen molar-refractivity contribution in [3.63, 3.8) is 0 Å². The second kappa shape index (κ2) is 5.15. The van der Waals surface area contributed by atoms with E-state index < -0.39 is 0 Å². The highest BCUT2D eigenvalue weighted by Crippen LogP contribution is 2.21. The molecule has 0 N–H and O–H groups in total. The van der Waals surface area contributed by atoms with E-state index >= 15 is 0 Å². The molecule has 1 aromatic heterocycles. The van der Waals surface area contributed by atoms with Crippen molar-refractivity contribution in [2.75, 3.05) is 6.61 Å². The molecule has 2 aromatic rings. The summed E-state index contributed by atoms with van der Waals surface area (Å²) in [7, 11) is 0. The topological polar surface area (TPSA) is 39.2 Å². The van der Waals surface area contributed by atoms with Gasteiger partial charge in [0.25, 0.3) is 0 Å². The summed E-state index contributed by atoms with van der Waals surface area (Å²) in [5.74, 6) is -0.354. The Hall–Kier alpha value is -1.61. The van der Waals surface area contributed by atoms with Crippen molar-refractivity contribution in [2.24, 2.45) is 0 Å². The molecule has 3 nitrogen and oxygen atoms in total. The minimum absolute atomic E-state index is 0.298. The third kappa shape index (κ3) is 2.56. The lowest BCUT2D eigenvalue weighted by atomic mass is 10.1. The van der Waals surface area contributed by atoms with E-state index in [4.69, 9.17) is 16.3 Å². The standard InChI is InChI=1S/C13H12ClNO2/c1-2-7-17-13(16)10-8-12(14)15-11-6-4-3-5-9(10)11/h3-6,8H,2,7H2,1H3. The van der Waals surface area contributed by atoms with E-state index in [-0.39, 0.29) is 5.97 Å². The van der Waals surface area contributed by atoms with E-state index in [1.54, 1.807) is 6.07 Å². The number of fused-ring (bicyclic) bond motifs is 1. The van der Waals surface area contributed by atoms with Crippen LogP contribution < -0.4 is 0 Å². The largest absolute Gasteiger partial charge is 0.462 e. The number of aromatic nitrogens is 1. The third-order valence-electron chi connectivity index (χ3n) is 2.34. The fraction of sp³-hybridized carbons (Fsp3) is 0.231. The average molecular weight is 250 g/mol. The quantitative estimate of drug-likeness (QED) is 0.618. The lowest BCUT2D eigenvalue weighted by Crippen LogP contribution is -2.07. The highest BCUT2D eigenvalue weighted by molar-refractivity contribution is 6.30. The number of nitrogens with zero attached hydrogens (tertiary/aromatic N) is 1. The molecule has 4 heteroatoms. The Morgan fingerprint density at radius 3 is 2.94 bits per heavy atom. The van der Waals surface area contributed by atoms with Crippen LogP contribution in [0.4, 0.5) is 0 Å². The Balaban J connectivity index is 2.48. The number of benzene rings is 1. The lowest BCUT2D eigenvalue weighted by molar-refractivity contribution is 0.0507.